The Morgan fingerprint density at radius 2 is 1.76 bits per heavy atom. The number of hydrogen-bond acceptors (Lipinski definition) is 8. The summed E-state index contributed by atoms with van der Waals surface area (Å²) in [5.41, 5.74) is 4.90. The van der Waals surface area contributed by atoms with Gasteiger partial charge in [0.15, 0.2) is 18.1 Å². The number of amides is 2. The van der Waals surface area contributed by atoms with Crippen molar-refractivity contribution in [2.45, 2.75) is 47.1 Å². The van der Waals surface area contributed by atoms with E-state index >= 15 is 0 Å². The lowest BCUT2D eigenvalue weighted by Crippen LogP contribution is -2.47. The number of hydrazone groups is 1. The molecule has 0 aliphatic heterocycles. The highest BCUT2D eigenvalue weighted by Crippen LogP contribution is 2.28. The SMILES string of the molecule is CCOC(=O)Oc1ccc(/C=N\NC(=O)[C@@H](CC(C)C)NC(=O)COc2c(C)cccc2C)cc1OC. The highest BCUT2D eigenvalue weighted by molar-refractivity contribution is 5.89. The van der Waals surface area contributed by atoms with E-state index in [1.165, 1.54) is 19.4 Å². The van der Waals surface area contributed by atoms with Crippen LogP contribution in [0.5, 0.6) is 17.2 Å². The van der Waals surface area contributed by atoms with E-state index in [0.29, 0.717) is 17.7 Å². The fourth-order valence-electron chi connectivity index (χ4n) is 3.44. The number of methoxy groups -OCH3 is 1. The Balaban J connectivity index is 1.99. The van der Waals surface area contributed by atoms with Crippen molar-refractivity contribution in [3.05, 3.63) is 53.1 Å². The number of para-hydroxylation sites is 1. The van der Waals surface area contributed by atoms with E-state index in [1.807, 2.05) is 45.9 Å². The van der Waals surface area contributed by atoms with Crippen LogP contribution in [-0.2, 0) is 14.3 Å². The van der Waals surface area contributed by atoms with Gasteiger partial charge in [-0.05, 0) is 68.0 Å². The molecular weight excluding hydrogens is 478 g/mol. The first kappa shape index (κ1) is 29.2. The molecule has 0 fully saturated rings. The average Bonchev–Trinajstić information content (AvgIpc) is 2.84. The Labute approximate surface area is 217 Å². The summed E-state index contributed by atoms with van der Waals surface area (Å²) in [5, 5.41) is 6.72. The van der Waals surface area contributed by atoms with Crippen LogP contribution in [0.15, 0.2) is 41.5 Å². The second-order valence-electron chi connectivity index (χ2n) is 8.69. The molecule has 0 saturated carbocycles. The number of ether oxygens (including phenoxy) is 4. The summed E-state index contributed by atoms with van der Waals surface area (Å²) in [4.78, 5) is 36.9. The summed E-state index contributed by atoms with van der Waals surface area (Å²) in [6.07, 6.45) is 0.990. The van der Waals surface area contributed by atoms with Gasteiger partial charge < -0.3 is 24.3 Å². The normalized spacial score (nSPS) is 11.6. The molecule has 200 valence electrons. The van der Waals surface area contributed by atoms with Crippen LogP contribution in [0.25, 0.3) is 0 Å². The van der Waals surface area contributed by atoms with Crippen molar-refractivity contribution >= 4 is 24.2 Å². The summed E-state index contributed by atoms with van der Waals surface area (Å²) >= 11 is 0. The number of hydrogen-bond donors (Lipinski definition) is 2. The number of rotatable bonds is 12. The zero-order valence-electron chi connectivity index (χ0n) is 22.1. The summed E-state index contributed by atoms with van der Waals surface area (Å²) in [7, 11) is 1.43. The fourth-order valence-corrected chi connectivity index (χ4v) is 3.44. The van der Waals surface area contributed by atoms with Crippen molar-refractivity contribution < 1.29 is 33.3 Å². The number of aryl methyl sites for hydroxylation is 2. The van der Waals surface area contributed by atoms with Gasteiger partial charge in [0.25, 0.3) is 11.8 Å². The zero-order chi connectivity index (χ0) is 27.4. The molecule has 1 atom stereocenters. The van der Waals surface area contributed by atoms with Crippen LogP contribution < -0.4 is 25.0 Å². The van der Waals surface area contributed by atoms with Gasteiger partial charge in [-0.25, -0.2) is 10.2 Å². The van der Waals surface area contributed by atoms with Crippen LogP contribution in [0.1, 0.15) is 43.9 Å². The zero-order valence-corrected chi connectivity index (χ0v) is 22.1. The molecule has 0 heterocycles. The van der Waals surface area contributed by atoms with Crippen LogP contribution in [0.4, 0.5) is 4.79 Å². The van der Waals surface area contributed by atoms with E-state index in [0.717, 1.165) is 11.1 Å². The van der Waals surface area contributed by atoms with E-state index in [9.17, 15) is 14.4 Å². The molecule has 2 rings (SSSR count). The Morgan fingerprint density at radius 3 is 2.38 bits per heavy atom. The molecule has 2 aromatic rings. The van der Waals surface area contributed by atoms with Crippen LogP contribution in [0, 0.1) is 19.8 Å². The van der Waals surface area contributed by atoms with Gasteiger partial charge in [0.05, 0.1) is 19.9 Å². The molecule has 0 radical (unpaired) electrons. The second-order valence-corrected chi connectivity index (χ2v) is 8.69. The van der Waals surface area contributed by atoms with Gasteiger partial charge in [-0.2, -0.15) is 5.10 Å². The largest absolute Gasteiger partial charge is 0.513 e. The fraction of sp³-hybridized carbons (Fsp3) is 0.407. The molecule has 2 N–H and O–H groups in total. The summed E-state index contributed by atoms with van der Waals surface area (Å²) in [6, 6.07) is 9.68. The van der Waals surface area contributed by atoms with E-state index < -0.39 is 24.0 Å². The van der Waals surface area contributed by atoms with Gasteiger partial charge in [-0.1, -0.05) is 32.0 Å². The highest BCUT2D eigenvalue weighted by Gasteiger charge is 2.22. The Bertz CT molecular complexity index is 1090. The minimum atomic E-state index is -0.841. The first-order chi connectivity index (χ1) is 17.6. The van der Waals surface area contributed by atoms with Crippen LogP contribution in [0.3, 0.4) is 0 Å². The van der Waals surface area contributed by atoms with Crippen molar-refractivity contribution in [1.82, 2.24) is 10.7 Å². The third kappa shape index (κ3) is 9.47. The van der Waals surface area contributed by atoms with Gasteiger partial charge in [-0.3, -0.25) is 9.59 Å². The lowest BCUT2D eigenvalue weighted by atomic mass is 10.0. The molecule has 37 heavy (non-hydrogen) atoms. The molecule has 0 saturated heterocycles. The average molecular weight is 514 g/mol. The third-order valence-electron chi connectivity index (χ3n) is 5.15. The lowest BCUT2D eigenvalue weighted by Gasteiger charge is -2.19. The quantitative estimate of drug-likeness (QED) is 0.191. The van der Waals surface area contributed by atoms with Crippen LogP contribution >= 0.6 is 0 Å². The van der Waals surface area contributed by atoms with E-state index in [2.05, 4.69) is 15.8 Å². The van der Waals surface area contributed by atoms with Crippen molar-refractivity contribution in [2.75, 3.05) is 20.3 Å². The van der Waals surface area contributed by atoms with Gasteiger partial charge in [-0.15, -0.1) is 0 Å². The first-order valence-electron chi connectivity index (χ1n) is 12.0. The van der Waals surface area contributed by atoms with E-state index in [1.54, 1.807) is 19.1 Å². The van der Waals surface area contributed by atoms with Gasteiger partial charge in [0, 0.05) is 0 Å². The van der Waals surface area contributed by atoms with Crippen LogP contribution in [-0.4, -0.2) is 50.5 Å². The molecule has 2 aromatic carbocycles. The predicted octanol–water partition coefficient (Wildman–Crippen LogP) is 3.91. The number of nitrogens with zero attached hydrogens (tertiary/aromatic N) is 1. The number of carbonyl (C=O) groups excluding carboxylic acids is 3. The molecule has 2 amide bonds. The van der Waals surface area contributed by atoms with Crippen LogP contribution in [0.2, 0.25) is 0 Å². The number of carbonyl (C=O) groups is 3. The number of nitrogens with one attached hydrogen (secondary N) is 2. The summed E-state index contributed by atoms with van der Waals surface area (Å²) < 4.78 is 20.8. The topological polar surface area (TPSA) is 125 Å². The summed E-state index contributed by atoms with van der Waals surface area (Å²) in [6.45, 7) is 9.36. The van der Waals surface area contributed by atoms with Crippen molar-refractivity contribution in [2.24, 2.45) is 11.0 Å². The molecule has 0 aliphatic rings. The monoisotopic (exact) mass is 513 g/mol. The standard InChI is InChI=1S/C27H35N3O7/c1-7-35-27(33)37-22-12-11-20(14-23(22)34-6)15-28-30-26(32)21(13-17(2)3)29-24(31)16-36-25-18(4)9-8-10-19(25)5/h8-12,14-15,17,21H,7,13,16H2,1-6H3,(H,29,31)(H,30,32)/b28-15-/t21-/m1/s1. The van der Waals surface area contributed by atoms with Crippen molar-refractivity contribution in [3.8, 4) is 17.2 Å². The maximum atomic E-state index is 12.8. The highest BCUT2D eigenvalue weighted by atomic mass is 16.7. The molecule has 10 nitrogen and oxygen atoms in total. The number of benzene rings is 2. The molecule has 0 unspecified atom stereocenters. The Kier molecular flexibility index (Phi) is 11.4. The van der Waals surface area contributed by atoms with E-state index in [-0.39, 0.29) is 30.6 Å². The minimum Gasteiger partial charge on any atom is -0.493 e. The molecule has 0 bridgehead atoms. The smallest absolute Gasteiger partial charge is 0.493 e. The van der Waals surface area contributed by atoms with Crippen molar-refractivity contribution in [3.63, 3.8) is 0 Å². The molecule has 0 aromatic heterocycles. The molecule has 0 spiro atoms. The maximum absolute atomic E-state index is 12.8. The first-order valence-corrected chi connectivity index (χ1v) is 12.0. The molecule has 0 aliphatic carbocycles. The lowest BCUT2D eigenvalue weighted by molar-refractivity contribution is -0.130. The van der Waals surface area contributed by atoms with Gasteiger partial charge in [0.1, 0.15) is 11.8 Å². The minimum absolute atomic E-state index is 0.149. The third-order valence-corrected chi connectivity index (χ3v) is 5.15. The molecular formula is C27H35N3O7. The van der Waals surface area contributed by atoms with Gasteiger partial charge in [0.2, 0.25) is 0 Å². The van der Waals surface area contributed by atoms with E-state index in [4.69, 9.17) is 18.9 Å². The Hall–Kier alpha value is -4.08. The molecule has 10 heteroatoms. The summed E-state index contributed by atoms with van der Waals surface area (Å²) in [5.74, 6) is 0.410. The Morgan fingerprint density at radius 1 is 1.05 bits per heavy atom. The van der Waals surface area contributed by atoms with Gasteiger partial charge >= 0.3 is 6.16 Å². The second kappa shape index (κ2) is 14.5. The van der Waals surface area contributed by atoms with Crippen molar-refractivity contribution in [1.29, 1.82) is 0 Å². The maximum Gasteiger partial charge on any atom is 0.513 e. The predicted molar refractivity (Wildman–Crippen MR) is 139 cm³/mol.